The van der Waals surface area contributed by atoms with E-state index in [9.17, 15) is 9.90 Å². The van der Waals surface area contributed by atoms with Crippen LogP contribution in [0.1, 0.15) is 31.1 Å². The predicted octanol–water partition coefficient (Wildman–Crippen LogP) is 3.05. The monoisotopic (exact) mass is 412 g/mol. The van der Waals surface area contributed by atoms with Crippen LogP contribution in [0, 0.1) is 0 Å². The van der Waals surface area contributed by atoms with Crippen LogP contribution in [0.25, 0.3) is 33.5 Å². The molecule has 0 bridgehead atoms. The molecule has 0 aliphatic rings. The number of carbonyl (C=O) groups is 1. The van der Waals surface area contributed by atoms with E-state index in [-0.39, 0.29) is 5.91 Å². The first kappa shape index (κ1) is 19.4. The molecule has 4 aromatic rings. The summed E-state index contributed by atoms with van der Waals surface area (Å²) in [7, 11) is 1.83. The molecule has 3 aromatic heterocycles. The van der Waals surface area contributed by atoms with Gasteiger partial charge in [-0.1, -0.05) is 11.6 Å². The van der Waals surface area contributed by atoms with Crippen molar-refractivity contribution in [1.29, 1.82) is 0 Å². The Morgan fingerprint density at radius 2 is 2.14 bits per heavy atom. The zero-order valence-electron chi connectivity index (χ0n) is 16.5. The summed E-state index contributed by atoms with van der Waals surface area (Å²) < 4.78 is 1.73. The average molecular weight is 413 g/mol. The standard InChI is InChI=1S/C20H21ClN6O2/c1-10(20(2,3)29)24-19(28)13-8-22-18-17(13)25-14(9-23-18)16-12-6-5-11(21)7-15(12)27(4)26-16/h5-10,29H,1-4H3,(H,22,23)(H,24,28). The van der Waals surface area contributed by atoms with E-state index >= 15 is 0 Å². The molecule has 1 unspecified atom stereocenters. The molecule has 8 nitrogen and oxygen atoms in total. The molecule has 150 valence electrons. The summed E-state index contributed by atoms with van der Waals surface area (Å²) in [6, 6.07) is 5.09. The Hall–Kier alpha value is -2.97. The maximum Gasteiger partial charge on any atom is 0.255 e. The van der Waals surface area contributed by atoms with E-state index in [0.29, 0.717) is 33.1 Å². The lowest BCUT2D eigenvalue weighted by Gasteiger charge is -2.26. The number of benzene rings is 1. The summed E-state index contributed by atoms with van der Waals surface area (Å²) in [5.74, 6) is -0.338. The lowest BCUT2D eigenvalue weighted by molar-refractivity contribution is 0.0409. The number of hydrogen-bond donors (Lipinski definition) is 3. The van der Waals surface area contributed by atoms with Gasteiger partial charge in [-0.3, -0.25) is 9.48 Å². The van der Waals surface area contributed by atoms with Gasteiger partial charge in [0.1, 0.15) is 16.9 Å². The molecule has 0 fully saturated rings. The quantitative estimate of drug-likeness (QED) is 0.477. The van der Waals surface area contributed by atoms with E-state index < -0.39 is 11.6 Å². The number of aromatic nitrogens is 5. The first-order chi connectivity index (χ1) is 13.6. The molecule has 1 amide bonds. The number of aryl methyl sites for hydroxylation is 1. The van der Waals surface area contributed by atoms with Crippen molar-refractivity contribution in [3.05, 3.63) is 41.2 Å². The summed E-state index contributed by atoms with van der Waals surface area (Å²) in [5.41, 5.74) is 2.33. The Kier molecular flexibility index (Phi) is 4.55. The minimum absolute atomic E-state index is 0.338. The van der Waals surface area contributed by atoms with E-state index in [1.54, 1.807) is 43.9 Å². The number of nitrogens with zero attached hydrogens (tertiary/aromatic N) is 4. The molecule has 3 heterocycles. The molecule has 29 heavy (non-hydrogen) atoms. The van der Waals surface area contributed by atoms with Crippen LogP contribution in [-0.4, -0.2) is 47.4 Å². The van der Waals surface area contributed by atoms with Crippen LogP contribution in [0.5, 0.6) is 0 Å². The highest BCUT2D eigenvalue weighted by atomic mass is 35.5. The molecular formula is C20H21ClN6O2. The molecule has 4 rings (SSSR count). The third-order valence-electron chi connectivity index (χ3n) is 5.09. The van der Waals surface area contributed by atoms with Gasteiger partial charge in [0, 0.05) is 23.7 Å². The normalized spacial score (nSPS) is 13.2. The maximum atomic E-state index is 12.7. The van der Waals surface area contributed by atoms with Gasteiger partial charge < -0.3 is 15.4 Å². The summed E-state index contributed by atoms with van der Waals surface area (Å²) in [4.78, 5) is 24.8. The Bertz CT molecular complexity index is 1240. The van der Waals surface area contributed by atoms with Crippen LogP contribution < -0.4 is 5.32 Å². The van der Waals surface area contributed by atoms with Crippen LogP contribution in [-0.2, 0) is 7.05 Å². The Labute approximate surface area is 171 Å². The number of rotatable bonds is 4. The number of carbonyl (C=O) groups excluding carboxylic acids is 1. The molecule has 0 saturated carbocycles. The molecule has 0 spiro atoms. The highest BCUT2D eigenvalue weighted by Gasteiger charge is 2.26. The number of H-pyrrole nitrogens is 1. The van der Waals surface area contributed by atoms with Crippen LogP contribution >= 0.6 is 11.6 Å². The molecule has 1 atom stereocenters. The Morgan fingerprint density at radius 3 is 2.86 bits per heavy atom. The Morgan fingerprint density at radius 1 is 1.38 bits per heavy atom. The van der Waals surface area contributed by atoms with Crippen LogP contribution in [0.2, 0.25) is 5.02 Å². The van der Waals surface area contributed by atoms with E-state index in [1.807, 2.05) is 19.2 Å². The second kappa shape index (κ2) is 6.82. The lowest BCUT2D eigenvalue weighted by Crippen LogP contribution is -2.47. The van der Waals surface area contributed by atoms with Gasteiger partial charge in [-0.05, 0) is 39.0 Å². The maximum absolute atomic E-state index is 12.7. The van der Waals surface area contributed by atoms with Crippen LogP contribution in [0.15, 0.2) is 30.6 Å². The number of halogens is 1. The first-order valence-electron chi connectivity index (χ1n) is 9.15. The molecule has 0 aliphatic carbocycles. The van der Waals surface area contributed by atoms with Crippen molar-refractivity contribution in [2.75, 3.05) is 0 Å². The first-order valence-corrected chi connectivity index (χ1v) is 9.53. The SMILES string of the molecule is CC(NC(=O)c1c[nH]c2ncc(-c3nn(C)c4cc(Cl)ccc34)nc12)C(C)(C)O. The fourth-order valence-corrected chi connectivity index (χ4v) is 3.22. The second-order valence-electron chi connectivity index (χ2n) is 7.64. The van der Waals surface area contributed by atoms with Gasteiger partial charge >= 0.3 is 0 Å². The zero-order valence-corrected chi connectivity index (χ0v) is 17.2. The second-order valence-corrected chi connectivity index (χ2v) is 8.07. The minimum atomic E-state index is -1.05. The number of amides is 1. The van der Waals surface area contributed by atoms with Gasteiger partial charge in [0.15, 0.2) is 5.65 Å². The van der Waals surface area contributed by atoms with Gasteiger partial charge in [0.2, 0.25) is 0 Å². The highest BCUT2D eigenvalue weighted by molar-refractivity contribution is 6.31. The van der Waals surface area contributed by atoms with E-state index in [1.165, 1.54) is 0 Å². The molecule has 0 aliphatic heterocycles. The summed E-state index contributed by atoms with van der Waals surface area (Å²) >= 11 is 6.10. The number of nitrogens with one attached hydrogen (secondary N) is 2. The van der Waals surface area contributed by atoms with E-state index in [0.717, 1.165) is 10.9 Å². The lowest BCUT2D eigenvalue weighted by atomic mass is 10.0. The Balaban J connectivity index is 1.78. The fraction of sp³-hybridized carbons (Fsp3) is 0.300. The van der Waals surface area contributed by atoms with Gasteiger partial charge in [-0.2, -0.15) is 5.10 Å². The largest absolute Gasteiger partial charge is 0.388 e. The van der Waals surface area contributed by atoms with Crippen molar-refractivity contribution in [1.82, 2.24) is 30.0 Å². The summed E-state index contributed by atoms with van der Waals surface area (Å²) in [6.07, 6.45) is 3.19. The zero-order chi connectivity index (χ0) is 20.9. The summed E-state index contributed by atoms with van der Waals surface area (Å²) in [6.45, 7) is 5.03. The number of aromatic amines is 1. The number of hydrogen-bond acceptors (Lipinski definition) is 5. The van der Waals surface area contributed by atoms with Gasteiger partial charge in [0.05, 0.1) is 28.9 Å². The van der Waals surface area contributed by atoms with Crippen LogP contribution in [0.3, 0.4) is 0 Å². The third-order valence-corrected chi connectivity index (χ3v) is 5.32. The van der Waals surface area contributed by atoms with E-state index in [2.05, 4.69) is 25.4 Å². The average Bonchev–Trinajstić information content (AvgIpc) is 3.21. The van der Waals surface area contributed by atoms with Gasteiger partial charge in [-0.15, -0.1) is 0 Å². The number of aliphatic hydroxyl groups is 1. The van der Waals surface area contributed by atoms with Crippen molar-refractivity contribution in [2.24, 2.45) is 7.05 Å². The highest BCUT2D eigenvalue weighted by Crippen LogP contribution is 2.29. The van der Waals surface area contributed by atoms with Gasteiger partial charge in [-0.25, -0.2) is 9.97 Å². The van der Waals surface area contributed by atoms with Crippen molar-refractivity contribution in [3.63, 3.8) is 0 Å². The smallest absolute Gasteiger partial charge is 0.255 e. The molecule has 0 radical (unpaired) electrons. The van der Waals surface area contributed by atoms with E-state index in [4.69, 9.17) is 11.6 Å². The fourth-order valence-electron chi connectivity index (χ4n) is 3.05. The predicted molar refractivity (Wildman–Crippen MR) is 112 cm³/mol. The molecular weight excluding hydrogens is 392 g/mol. The van der Waals surface area contributed by atoms with Crippen LogP contribution in [0.4, 0.5) is 0 Å². The minimum Gasteiger partial charge on any atom is -0.388 e. The molecule has 3 N–H and O–H groups in total. The number of fused-ring (bicyclic) bond motifs is 2. The van der Waals surface area contributed by atoms with Crippen molar-refractivity contribution in [2.45, 2.75) is 32.4 Å². The summed E-state index contributed by atoms with van der Waals surface area (Å²) in [5, 5.41) is 19.0. The topological polar surface area (TPSA) is 109 Å². The molecule has 9 heteroatoms. The molecule has 1 aromatic carbocycles. The van der Waals surface area contributed by atoms with Crippen molar-refractivity contribution in [3.8, 4) is 11.4 Å². The van der Waals surface area contributed by atoms with Crippen molar-refractivity contribution < 1.29 is 9.90 Å². The van der Waals surface area contributed by atoms with Crippen molar-refractivity contribution >= 4 is 39.6 Å². The van der Waals surface area contributed by atoms with Gasteiger partial charge in [0.25, 0.3) is 5.91 Å². The molecule has 0 saturated heterocycles. The third kappa shape index (κ3) is 3.45.